The number of amides is 1. The molecule has 102 valence electrons. The Morgan fingerprint density at radius 1 is 1.42 bits per heavy atom. The fourth-order valence-corrected chi connectivity index (χ4v) is 2.15. The highest BCUT2D eigenvalue weighted by Gasteiger charge is 2.12. The predicted octanol–water partition coefficient (Wildman–Crippen LogP) is 2.25. The van der Waals surface area contributed by atoms with Crippen molar-refractivity contribution in [2.24, 2.45) is 5.73 Å². The van der Waals surface area contributed by atoms with Gasteiger partial charge in [-0.3, -0.25) is 4.79 Å². The van der Waals surface area contributed by atoms with Crippen LogP contribution in [0.2, 0.25) is 0 Å². The van der Waals surface area contributed by atoms with Crippen LogP contribution in [0, 0.1) is 0 Å². The summed E-state index contributed by atoms with van der Waals surface area (Å²) >= 11 is 0. The van der Waals surface area contributed by atoms with Crippen LogP contribution in [-0.4, -0.2) is 28.9 Å². The summed E-state index contributed by atoms with van der Waals surface area (Å²) < 4.78 is 0. The topological polar surface area (TPSA) is 62.1 Å². The molecule has 0 fully saturated rings. The Morgan fingerprint density at radius 2 is 2.16 bits per heavy atom. The quantitative estimate of drug-likeness (QED) is 0.865. The zero-order chi connectivity index (χ0) is 13.8. The Labute approximate surface area is 113 Å². The number of fused-ring (bicyclic) bond motifs is 1. The lowest BCUT2D eigenvalue weighted by molar-refractivity contribution is -0.130. The van der Waals surface area contributed by atoms with E-state index in [0.717, 1.165) is 17.5 Å². The lowest BCUT2D eigenvalue weighted by atomic mass is 10.1. The van der Waals surface area contributed by atoms with Crippen LogP contribution in [0.4, 0.5) is 0 Å². The van der Waals surface area contributed by atoms with Gasteiger partial charge in [0.05, 0.1) is 0 Å². The van der Waals surface area contributed by atoms with Crippen molar-refractivity contribution in [1.29, 1.82) is 0 Å². The third-order valence-electron chi connectivity index (χ3n) is 3.32. The Balaban J connectivity index is 2.02. The van der Waals surface area contributed by atoms with Gasteiger partial charge < -0.3 is 15.6 Å². The largest absolute Gasteiger partial charge is 0.361 e. The first-order valence-corrected chi connectivity index (χ1v) is 6.62. The zero-order valence-electron chi connectivity index (χ0n) is 11.5. The van der Waals surface area contributed by atoms with Gasteiger partial charge in [-0.25, -0.2) is 0 Å². The molecular formula is C15H21N3O. The Morgan fingerprint density at radius 3 is 2.89 bits per heavy atom. The van der Waals surface area contributed by atoms with Gasteiger partial charge in [0, 0.05) is 43.2 Å². The van der Waals surface area contributed by atoms with E-state index in [1.54, 1.807) is 4.90 Å². The standard InChI is InChI=1S/C15H21N3O/c1-11(16)7-8-15(19)18(2)10-12-9-17-14-6-4-3-5-13(12)14/h3-6,9,11,17H,7-8,10,16H2,1-2H3. The molecule has 0 bridgehead atoms. The zero-order valence-corrected chi connectivity index (χ0v) is 11.5. The van der Waals surface area contributed by atoms with Crippen LogP contribution in [-0.2, 0) is 11.3 Å². The minimum atomic E-state index is 0.0745. The second-order valence-electron chi connectivity index (χ2n) is 5.13. The molecule has 0 saturated heterocycles. The highest BCUT2D eigenvalue weighted by Crippen LogP contribution is 2.19. The fraction of sp³-hybridized carbons (Fsp3) is 0.400. The number of aromatic amines is 1. The molecule has 1 amide bonds. The van der Waals surface area contributed by atoms with Crippen molar-refractivity contribution in [3.05, 3.63) is 36.0 Å². The summed E-state index contributed by atoms with van der Waals surface area (Å²) in [6.45, 7) is 2.55. The maximum atomic E-state index is 12.0. The predicted molar refractivity (Wildman–Crippen MR) is 77.7 cm³/mol. The second kappa shape index (κ2) is 5.89. The molecule has 4 nitrogen and oxygen atoms in total. The van der Waals surface area contributed by atoms with Crippen LogP contribution in [0.25, 0.3) is 10.9 Å². The molecule has 2 rings (SSSR count). The van der Waals surface area contributed by atoms with E-state index in [9.17, 15) is 4.79 Å². The molecule has 0 saturated carbocycles. The minimum absolute atomic E-state index is 0.0745. The van der Waals surface area contributed by atoms with Gasteiger partial charge in [-0.05, 0) is 25.0 Å². The molecule has 2 aromatic rings. The minimum Gasteiger partial charge on any atom is -0.361 e. The number of nitrogens with zero attached hydrogens (tertiary/aromatic N) is 1. The number of hydrogen-bond acceptors (Lipinski definition) is 2. The Bertz CT molecular complexity index is 559. The maximum absolute atomic E-state index is 12.0. The number of aromatic nitrogens is 1. The number of carbonyl (C=O) groups is 1. The molecule has 0 aliphatic rings. The Hall–Kier alpha value is -1.81. The number of benzene rings is 1. The van der Waals surface area contributed by atoms with Crippen molar-refractivity contribution in [2.75, 3.05) is 7.05 Å². The number of para-hydroxylation sites is 1. The highest BCUT2D eigenvalue weighted by atomic mass is 16.2. The average molecular weight is 259 g/mol. The molecule has 1 unspecified atom stereocenters. The normalized spacial score (nSPS) is 12.6. The van der Waals surface area contributed by atoms with Gasteiger partial charge >= 0.3 is 0 Å². The summed E-state index contributed by atoms with van der Waals surface area (Å²) in [5.74, 6) is 0.141. The summed E-state index contributed by atoms with van der Waals surface area (Å²) in [6, 6.07) is 8.20. The molecular weight excluding hydrogens is 238 g/mol. The molecule has 19 heavy (non-hydrogen) atoms. The third-order valence-corrected chi connectivity index (χ3v) is 3.32. The molecule has 1 heterocycles. The van der Waals surface area contributed by atoms with E-state index >= 15 is 0 Å². The molecule has 4 heteroatoms. The second-order valence-corrected chi connectivity index (χ2v) is 5.13. The van der Waals surface area contributed by atoms with E-state index < -0.39 is 0 Å². The number of H-pyrrole nitrogens is 1. The first kappa shape index (κ1) is 13.6. The first-order chi connectivity index (χ1) is 9.08. The Kier molecular flexibility index (Phi) is 4.22. The number of rotatable bonds is 5. The monoisotopic (exact) mass is 259 g/mol. The molecule has 1 aromatic heterocycles. The maximum Gasteiger partial charge on any atom is 0.222 e. The van der Waals surface area contributed by atoms with Crippen molar-refractivity contribution in [3.63, 3.8) is 0 Å². The van der Waals surface area contributed by atoms with Crippen molar-refractivity contribution in [2.45, 2.75) is 32.4 Å². The van der Waals surface area contributed by atoms with Crippen molar-refractivity contribution in [3.8, 4) is 0 Å². The lowest BCUT2D eigenvalue weighted by Gasteiger charge is -2.17. The van der Waals surface area contributed by atoms with Crippen LogP contribution < -0.4 is 5.73 Å². The van der Waals surface area contributed by atoms with Gasteiger partial charge in [0.1, 0.15) is 0 Å². The van der Waals surface area contributed by atoms with Crippen LogP contribution in [0.5, 0.6) is 0 Å². The van der Waals surface area contributed by atoms with Crippen LogP contribution >= 0.6 is 0 Å². The molecule has 0 spiro atoms. The molecule has 3 N–H and O–H groups in total. The van der Waals surface area contributed by atoms with E-state index in [1.165, 1.54) is 5.39 Å². The number of nitrogens with two attached hydrogens (primary N) is 1. The summed E-state index contributed by atoms with van der Waals surface area (Å²) in [6.07, 6.45) is 3.22. The van der Waals surface area contributed by atoms with E-state index in [2.05, 4.69) is 11.1 Å². The van der Waals surface area contributed by atoms with E-state index in [4.69, 9.17) is 5.73 Å². The van der Waals surface area contributed by atoms with E-state index in [1.807, 2.05) is 38.4 Å². The summed E-state index contributed by atoms with van der Waals surface area (Å²) in [4.78, 5) is 17.0. The molecule has 0 aliphatic heterocycles. The van der Waals surface area contributed by atoms with Gasteiger partial charge in [-0.2, -0.15) is 0 Å². The van der Waals surface area contributed by atoms with Crippen LogP contribution in [0.1, 0.15) is 25.3 Å². The van der Waals surface area contributed by atoms with Gasteiger partial charge in [0.2, 0.25) is 5.91 Å². The van der Waals surface area contributed by atoms with Crippen LogP contribution in [0.3, 0.4) is 0 Å². The van der Waals surface area contributed by atoms with Crippen molar-refractivity contribution < 1.29 is 4.79 Å². The van der Waals surface area contributed by atoms with Gasteiger partial charge in [-0.1, -0.05) is 18.2 Å². The van der Waals surface area contributed by atoms with Gasteiger partial charge in [0.15, 0.2) is 0 Å². The van der Waals surface area contributed by atoms with E-state index in [0.29, 0.717) is 13.0 Å². The lowest BCUT2D eigenvalue weighted by Crippen LogP contribution is -2.27. The van der Waals surface area contributed by atoms with Crippen LogP contribution in [0.15, 0.2) is 30.5 Å². The average Bonchev–Trinajstić information content (AvgIpc) is 2.79. The van der Waals surface area contributed by atoms with E-state index in [-0.39, 0.29) is 11.9 Å². The fourth-order valence-electron chi connectivity index (χ4n) is 2.15. The number of carbonyl (C=O) groups excluding carboxylic acids is 1. The summed E-state index contributed by atoms with van der Waals surface area (Å²) in [5, 5.41) is 1.18. The number of nitrogens with one attached hydrogen (secondary N) is 1. The first-order valence-electron chi connectivity index (χ1n) is 6.62. The molecule has 0 aliphatic carbocycles. The van der Waals surface area contributed by atoms with Gasteiger partial charge in [-0.15, -0.1) is 0 Å². The molecule has 1 atom stereocenters. The smallest absolute Gasteiger partial charge is 0.222 e. The number of hydrogen-bond donors (Lipinski definition) is 2. The van der Waals surface area contributed by atoms with Gasteiger partial charge in [0.25, 0.3) is 0 Å². The molecule has 1 aromatic carbocycles. The SMILES string of the molecule is CC(N)CCC(=O)N(C)Cc1c[nH]c2ccccc12. The third kappa shape index (κ3) is 3.35. The highest BCUT2D eigenvalue weighted by molar-refractivity contribution is 5.83. The van der Waals surface area contributed by atoms with Crippen molar-refractivity contribution >= 4 is 16.8 Å². The summed E-state index contributed by atoms with van der Waals surface area (Å²) in [5.41, 5.74) is 7.93. The summed E-state index contributed by atoms with van der Waals surface area (Å²) in [7, 11) is 1.84. The molecule has 0 radical (unpaired) electrons. The van der Waals surface area contributed by atoms with Crippen molar-refractivity contribution in [1.82, 2.24) is 9.88 Å².